The standard InChI is InChI=1S/C25H19BrN2O3S2/c1-16-4-2-3-5-21(16)23(29)27-28-24(30)22(33-25(28)32)14-17-8-12-20(13-9-17)31-15-18-6-10-19(26)11-7-18/h2-14H,15H2,1H3,(H,27,29)/b22-14+. The molecule has 1 N–H and O–H groups in total. The summed E-state index contributed by atoms with van der Waals surface area (Å²) in [7, 11) is 0. The summed E-state index contributed by atoms with van der Waals surface area (Å²) in [6.07, 6.45) is 1.75. The Labute approximate surface area is 209 Å². The molecule has 1 aliphatic heterocycles. The van der Waals surface area contributed by atoms with E-state index in [9.17, 15) is 9.59 Å². The fraction of sp³-hybridized carbons (Fsp3) is 0.0800. The summed E-state index contributed by atoms with van der Waals surface area (Å²) in [5, 5.41) is 1.12. The number of hydrogen-bond acceptors (Lipinski definition) is 5. The molecule has 166 valence electrons. The minimum atomic E-state index is -0.377. The van der Waals surface area contributed by atoms with Crippen molar-refractivity contribution in [2.24, 2.45) is 0 Å². The molecule has 1 aliphatic rings. The van der Waals surface area contributed by atoms with Gasteiger partial charge in [0.05, 0.1) is 4.91 Å². The third kappa shape index (κ3) is 5.71. The van der Waals surface area contributed by atoms with Gasteiger partial charge < -0.3 is 4.74 Å². The van der Waals surface area contributed by atoms with Crippen LogP contribution >= 0.6 is 39.9 Å². The SMILES string of the molecule is Cc1ccccc1C(=O)NN1C(=O)/C(=C\c2ccc(OCc3ccc(Br)cc3)cc2)SC1=S. The molecule has 1 heterocycles. The summed E-state index contributed by atoms with van der Waals surface area (Å²) < 4.78 is 7.13. The van der Waals surface area contributed by atoms with Crippen molar-refractivity contribution in [2.75, 3.05) is 0 Å². The van der Waals surface area contributed by atoms with Gasteiger partial charge in [-0.05, 0) is 72.2 Å². The minimum Gasteiger partial charge on any atom is -0.489 e. The zero-order valence-electron chi connectivity index (χ0n) is 17.6. The molecule has 3 aromatic rings. The molecule has 8 heteroatoms. The van der Waals surface area contributed by atoms with Crippen molar-refractivity contribution in [3.63, 3.8) is 0 Å². The van der Waals surface area contributed by atoms with Gasteiger partial charge in [-0.15, -0.1) is 0 Å². The van der Waals surface area contributed by atoms with E-state index < -0.39 is 0 Å². The van der Waals surface area contributed by atoms with Crippen molar-refractivity contribution >= 4 is 62.1 Å². The lowest BCUT2D eigenvalue weighted by Crippen LogP contribution is -2.45. The number of nitrogens with one attached hydrogen (secondary N) is 1. The molecule has 3 aromatic carbocycles. The quantitative estimate of drug-likeness (QED) is 0.313. The number of hydrazine groups is 1. The van der Waals surface area contributed by atoms with Crippen molar-refractivity contribution in [1.82, 2.24) is 10.4 Å². The van der Waals surface area contributed by atoms with Crippen LogP contribution in [0.4, 0.5) is 0 Å². The summed E-state index contributed by atoms with van der Waals surface area (Å²) >= 11 is 9.88. The maximum atomic E-state index is 12.8. The van der Waals surface area contributed by atoms with Gasteiger partial charge in [0.15, 0.2) is 4.32 Å². The van der Waals surface area contributed by atoms with Crippen LogP contribution in [0.15, 0.2) is 82.2 Å². The lowest BCUT2D eigenvalue weighted by atomic mass is 10.1. The number of thiocarbonyl (C=S) groups is 1. The number of aryl methyl sites for hydroxylation is 1. The average Bonchev–Trinajstić information content (AvgIpc) is 3.07. The van der Waals surface area contributed by atoms with Gasteiger partial charge >= 0.3 is 0 Å². The number of carbonyl (C=O) groups is 2. The van der Waals surface area contributed by atoms with Crippen LogP contribution in [-0.2, 0) is 11.4 Å². The maximum Gasteiger partial charge on any atom is 0.285 e. The molecular formula is C25H19BrN2O3S2. The Kier molecular flexibility index (Phi) is 7.27. The lowest BCUT2D eigenvalue weighted by Gasteiger charge is -2.16. The highest BCUT2D eigenvalue weighted by Crippen LogP contribution is 2.32. The fourth-order valence-electron chi connectivity index (χ4n) is 3.11. The average molecular weight is 539 g/mol. The lowest BCUT2D eigenvalue weighted by molar-refractivity contribution is -0.123. The molecule has 0 bridgehead atoms. The molecule has 5 nitrogen and oxygen atoms in total. The van der Waals surface area contributed by atoms with Gasteiger partial charge in [0.2, 0.25) is 0 Å². The third-order valence-electron chi connectivity index (χ3n) is 4.89. The first-order valence-electron chi connectivity index (χ1n) is 10.0. The van der Waals surface area contributed by atoms with E-state index in [0.29, 0.717) is 17.1 Å². The largest absolute Gasteiger partial charge is 0.489 e. The molecular weight excluding hydrogens is 520 g/mol. The van der Waals surface area contributed by atoms with Gasteiger partial charge in [-0.25, -0.2) is 0 Å². The van der Waals surface area contributed by atoms with Crippen molar-refractivity contribution in [1.29, 1.82) is 0 Å². The van der Waals surface area contributed by atoms with Crippen LogP contribution in [-0.4, -0.2) is 21.1 Å². The molecule has 0 atom stereocenters. The number of halogens is 1. The predicted octanol–water partition coefficient (Wildman–Crippen LogP) is 5.88. The Morgan fingerprint density at radius 2 is 1.79 bits per heavy atom. The molecule has 2 amide bonds. The Morgan fingerprint density at radius 3 is 2.48 bits per heavy atom. The molecule has 33 heavy (non-hydrogen) atoms. The summed E-state index contributed by atoms with van der Waals surface area (Å²) in [4.78, 5) is 25.9. The Hall–Kier alpha value is -2.94. The molecule has 4 rings (SSSR count). The van der Waals surface area contributed by atoms with Crippen LogP contribution in [0.25, 0.3) is 6.08 Å². The molecule has 1 saturated heterocycles. The molecule has 1 fully saturated rings. The summed E-state index contributed by atoms with van der Waals surface area (Å²) in [6.45, 7) is 2.30. The third-order valence-corrected chi connectivity index (χ3v) is 6.72. The second-order valence-electron chi connectivity index (χ2n) is 7.26. The molecule has 0 unspecified atom stereocenters. The number of amides is 2. The number of thioether (sulfide) groups is 1. The number of rotatable bonds is 6. The van der Waals surface area contributed by atoms with Crippen LogP contribution in [0.1, 0.15) is 27.0 Å². The number of hydrogen-bond donors (Lipinski definition) is 1. The van der Waals surface area contributed by atoms with Gasteiger partial charge in [0.25, 0.3) is 11.8 Å². The van der Waals surface area contributed by atoms with Gasteiger partial charge in [0, 0.05) is 10.0 Å². The maximum absolute atomic E-state index is 12.8. The predicted molar refractivity (Wildman–Crippen MR) is 139 cm³/mol. The summed E-state index contributed by atoms with van der Waals surface area (Å²) in [5.74, 6) is -0.00598. The normalized spacial score (nSPS) is 14.6. The van der Waals surface area contributed by atoms with Crippen LogP contribution in [0.2, 0.25) is 0 Å². The van der Waals surface area contributed by atoms with E-state index in [2.05, 4.69) is 21.4 Å². The van der Waals surface area contributed by atoms with E-state index in [1.165, 1.54) is 0 Å². The number of benzene rings is 3. The minimum absolute atomic E-state index is 0.280. The van der Waals surface area contributed by atoms with Crippen molar-refractivity contribution in [3.8, 4) is 5.75 Å². The summed E-state index contributed by atoms with van der Waals surface area (Å²) in [6, 6.07) is 22.6. The zero-order chi connectivity index (χ0) is 23.4. The van der Waals surface area contributed by atoms with Gasteiger partial charge in [-0.1, -0.05) is 70.2 Å². The Morgan fingerprint density at radius 1 is 1.09 bits per heavy atom. The Bertz CT molecular complexity index is 1240. The van der Waals surface area contributed by atoms with E-state index in [1.807, 2.05) is 67.6 Å². The van der Waals surface area contributed by atoms with E-state index in [-0.39, 0.29) is 16.1 Å². The first-order chi connectivity index (χ1) is 15.9. The fourth-order valence-corrected chi connectivity index (χ4v) is 4.56. The zero-order valence-corrected chi connectivity index (χ0v) is 20.8. The second-order valence-corrected chi connectivity index (χ2v) is 9.85. The van der Waals surface area contributed by atoms with Crippen molar-refractivity contribution in [2.45, 2.75) is 13.5 Å². The number of ether oxygens (including phenoxy) is 1. The monoisotopic (exact) mass is 538 g/mol. The molecule has 0 aliphatic carbocycles. The first kappa shape index (κ1) is 23.2. The van der Waals surface area contributed by atoms with Crippen molar-refractivity contribution < 1.29 is 14.3 Å². The Balaban J connectivity index is 1.40. The van der Waals surface area contributed by atoms with Gasteiger partial charge in [-0.2, -0.15) is 5.01 Å². The number of carbonyl (C=O) groups excluding carboxylic acids is 2. The highest BCUT2D eigenvalue weighted by atomic mass is 79.9. The first-order valence-corrected chi connectivity index (χ1v) is 12.0. The van der Waals surface area contributed by atoms with Gasteiger partial charge in [-0.3, -0.25) is 15.0 Å². The van der Waals surface area contributed by atoms with E-state index in [4.69, 9.17) is 17.0 Å². The second kappa shape index (κ2) is 10.3. The highest BCUT2D eigenvalue weighted by Gasteiger charge is 2.33. The van der Waals surface area contributed by atoms with Crippen LogP contribution in [0.3, 0.4) is 0 Å². The topological polar surface area (TPSA) is 58.6 Å². The van der Waals surface area contributed by atoms with E-state index in [1.54, 1.807) is 18.2 Å². The molecule has 0 saturated carbocycles. The van der Waals surface area contributed by atoms with Crippen molar-refractivity contribution in [3.05, 3.63) is 104 Å². The number of nitrogens with zero attached hydrogens (tertiary/aromatic N) is 1. The van der Waals surface area contributed by atoms with Gasteiger partial charge in [0.1, 0.15) is 12.4 Å². The van der Waals surface area contributed by atoms with E-state index >= 15 is 0 Å². The van der Waals surface area contributed by atoms with Crippen LogP contribution < -0.4 is 10.2 Å². The highest BCUT2D eigenvalue weighted by molar-refractivity contribution is 9.10. The molecule has 0 aromatic heterocycles. The molecule has 0 spiro atoms. The van der Waals surface area contributed by atoms with E-state index in [0.717, 1.165) is 43.7 Å². The molecule has 0 radical (unpaired) electrons. The summed E-state index contributed by atoms with van der Waals surface area (Å²) in [5.41, 5.74) is 5.83. The van der Waals surface area contributed by atoms with Crippen LogP contribution in [0, 0.1) is 6.92 Å². The van der Waals surface area contributed by atoms with Crippen LogP contribution in [0.5, 0.6) is 5.75 Å². The smallest absolute Gasteiger partial charge is 0.285 e.